The molecule has 0 N–H and O–H groups in total. The average Bonchev–Trinajstić information content (AvgIpc) is 2.49. The molecule has 1 aromatic carbocycles. The molecule has 2 atom stereocenters. The zero-order valence-corrected chi connectivity index (χ0v) is 15.9. The first kappa shape index (κ1) is 15.7. The van der Waals surface area contributed by atoms with Crippen molar-refractivity contribution in [3.63, 3.8) is 0 Å². The Morgan fingerprint density at radius 3 is 2.95 bits per heavy atom. The molecule has 1 amide bonds. The van der Waals surface area contributed by atoms with E-state index in [1.807, 2.05) is 18.2 Å². The lowest BCUT2D eigenvalue weighted by molar-refractivity contribution is 0.0316. The number of halogens is 2. The summed E-state index contributed by atoms with van der Waals surface area (Å²) in [5.74, 6) is 0.832. The van der Waals surface area contributed by atoms with Crippen molar-refractivity contribution in [2.75, 3.05) is 26.7 Å². The van der Waals surface area contributed by atoms with Gasteiger partial charge in [0.1, 0.15) is 0 Å². The Hall–Kier alpha value is -0.140. The number of fused-ring (bicyclic) bond motifs is 1. The van der Waals surface area contributed by atoms with Crippen LogP contribution in [-0.4, -0.2) is 48.4 Å². The standard InChI is InChI=1S/C16H20BrIN2O/c1-19-7-2-3-11-10-20(8-6-15(11)19)16(21)13-9-12(17)4-5-14(13)18/h4-5,9,11,15H,2-3,6-8,10H2,1H3. The third-order valence-electron chi connectivity index (χ3n) is 4.79. The fraction of sp³-hybridized carbons (Fsp3) is 0.562. The lowest BCUT2D eigenvalue weighted by Gasteiger charge is -2.46. The first-order valence-corrected chi connectivity index (χ1v) is 9.38. The Kier molecular flexibility index (Phi) is 4.90. The van der Waals surface area contributed by atoms with Gasteiger partial charge in [-0.3, -0.25) is 4.79 Å². The van der Waals surface area contributed by atoms with Crippen molar-refractivity contribution >= 4 is 44.4 Å². The smallest absolute Gasteiger partial charge is 0.254 e. The number of nitrogens with zero attached hydrogens (tertiary/aromatic N) is 2. The number of benzene rings is 1. The first-order chi connectivity index (χ1) is 10.1. The predicted molar refractivity (Wildman–Crippen MR) is 96.5 cm³/mol. The number of hydrogen-bond acceptors (Lipinski definition) is 2. The summed E-state index contributed by atoms with van der Waals surface area (Å²) in [5.41, 5.74) is 0.826. The molecular formula is C16H20BrIN2O. The van der Waals surface area contributed by atoms with E-state index in [2.05, 4.69) is 55.4 Å². The van der Waals surface area contributed by atoms with Gasteiger partial charge in [-0.15, -0.1) is 0 Å². The number of hydrogen-bond donors (Lipinski definition) is 0. The lowest BCUT2D eigenvalue weighted by atomic mass is 9.84. The minimum absolute atomic E-state index is 0.187. The van der Waals surface area contributed by atoms with Gasteiger partial charge >= 0.3 is 0 Å². The molecule has 3 nitrogen and oxygen atoms in total. The van der Waals surface area contributed by atoms with E-state index in [4.69, 9.17) is 0 Å². The van der Waals surface area contributed by atoms with Gasteiger partial charge in [0.25, 0.3) is 5.91 Å². The molecule has 5 heteroatoms. The molecule has 1 aromatic rings. The van der Waals surface area contributed by atoms with Crippen LogP contribution in [0.5, 0.6) is 0 Å². The number of piperidine rings is 2. The third kappa shape index (κ3) is 3.29. The van der Waals surface area contributed by atoms with Crippen LogP contribution in [0.3, 0.4) is 0 Å². The fourth-order valence-electron chi connectivity index (χ4n) is 3.67. The van der Waals surface area contributed by atoms with Gasteiger partial charge in [0, 0.05) is 27.2 Å². The molecule has 0 radical (unpaired) electrons. The van der Waals surface area contributed by atoms with Gasteiger partial charge in [-0.2, -0.15) is 0 Å². The Morgan fingerprint density at radius 2 is 2.14 bits per heavy atom. The zero-order chi connectivity index (χ0) is 15.0. The zero-order valence-electron chi connectivity index (χ0n) is 12.2. The molecule has 0 aliphatic carbocycles. The molecule has 3 rings (SSSR count). The summed E-state index contributed by atoms with van der Waals surface area (Å²) in [6.45, 7) is 3.00. The molecule has 114 valence electrons. The molecule has 2 unspecified atom stereocenters. The van der Waals surface area contributed by atoms with Crippen molar-refractivity contribution in [1.82, 2.24) is 9.80 Å². The summed E-state index contributed by atoms with van der Waals surface area (Å²) >= 11 is 5.72. The molecule has 2 fully saturated rings. The van der Waals surface area contributed by atoms with Crippen LogP contribution in [0.15, 0.2) is 22.7 Å². The Bertz CT molecular complexity index is 551. The number of likely N-dealkylation sites (tertiary alicyclic amines) is 2. The van der Waals surface area contributed by atoms with E-state index >= 15 is 0 Å². The fourth-order valence-corrected chi connectivity index (χ4v) is 4.60. The van der Waals surface area contributed by atoms with Crippen LogP contribution >= 0.6 is 38.5 Å². The molecule has 0 spiro atoms. The second-order valence-corrected chi connectivity index (χ2v) is 8.19. The van der Waals surface area contributed by atoms with Crippen molar-refractivity contribution in [1.29, 1.82) is 0 Å². The van der Waals surface area contributed by atoms with Crippen LogP contribution in [0.4, 0.5) is 0 Å². The minimum atomic E-state index is 0.187. The molecule has 21 heavy (non-hydrogen) atoms. The average molecular weight is 463 g/mol. The van der Waals surface area contributed by atoms with Crippen molar-refractivity contribution in [3.05, 3.63) is 31.8 Å². The second kappa shape index (κ2) is 6.54. The normalized spacial score (nSPS) is 26.5. The van der Waals surface area contributed by atoms with Crippen LogP contribution in [0.2, 0.25) is 0 Å². The van der Waals surface area contributed by atoms with Gasteiger partial charge in [-0.25, -0.2) is 0 Å². The van der Waals surface area contributed by atoms with Gasteiger partial charge in [-0.1, -0.05) is 15.9 Å². The molecule has 2 saturated heterocycles. The van der Waals surface area contributed by atoms with Crippen LogP contribution in [0.25, 0.3) is 0 Å². The SMILES string of the molecule is CN1CCCC2CN(C(=O)c3cc(Br)ccc3I)CCC21. The van der Waals surface area contributed by atoms with Gasteiger partial charge < -0.3 is 9.80 Å². The van der Waals surface area contributed by atoms with E-state index in [0.29, 0.717) is 12.0 Å². The predicted octanol–water partition coefficient (Wildman–Crippen LogP) is 3.61. The summed E-state index contributed by atoms with van der Waals surface area (Å²) in [5, 5.41) is 0. The summed E-state index contributed by atoms with van der Waals surface area (Å²) in [6, 6.07) is 6.60. The maximum absolute atomic E-state index is 12.8. The van der Waals surface area contributed by atoms with Gasteiger partial charge in [0.2, 0.25) is 0 Å². The quantitative estimate of drug-likeness (QED) is 0.595. The highest BCUT2D eigenvalue weighted by Gasteiger charge is 2.36. The molecule has 0 bridgehead atoms. The Balaban J connectivity index is 1.76. The van der Waals surface area contributed by atoms with Crippen LogP contribution in [-0.2, 0) is 0 Å². The summed E-state index contributed by atoms with van der Waals surface area (Å²) in [4.78, 5) is 17.4. The van der Waals surface area contributed by atoms with E-state index in [1.165, 1.54) is 19.4 Å². The molecule has 2 heterocycles. The van der Waals surface area contributed by atoms with Gasteiger partial charge in [-0.05, 0) is 79.6 Å². The largest absolute Gasteiger partial charge is 0.338 e. The van der Waals surface area contributed by atoms with E-state index < -0.39 is 0 Å². The first-order valence-electron chi connectivity index (χ1n) is 7.51. The molecule has 2 aliphatic rings. The third-order valence-corrected chi connectivity index (χ3v) is 6.23. The molecular weight excluding hydrogens is 443 g/mol. The molecule has 0 aromatic heterocycles. The van der Waals surface area contributed by atoms with Crippen molar-refractivity contribution in [2.45, 2.75) is 25.3 Å². The van der Waals surface area contributed by atoms with Gasteiger partial charge in [0.15, 0.2) is 0 Å². The highest BCUT2D eigenvalue weighted by molar-refractivity contribution is 14.1. The summed E-state index contributed by atoms with van der Waals surface area (Å²) < 4.78 is 2.00. The number of carbonyl (C=O) groups excluding carboxylic acids is 1. The van der Waals surface area contributed by atoms with Crippen LogP contribution < -0.4 is 0 Å². The van der Waals surface area contributed by atoms with Crippen LogP contribution in [0, 0.1) is 9.49 Å². The topological polar surface area (TPSA) is 23.6 Å². The maximum atomic E-state index is 12.8. The number of rotatable bonds is 1. The van der Waals surface area contributed by atoms with Crippen molar-refractivity contribution in [3.8, 4) is 0 Å². The van der Waals surface area contributed by atoms with Gasteiger partial charge in [0.05, 0.1) is 5.56 Å². The monoisotopic (exact) mass is 462 g/mol. The highest BCUT2D eigenvalue weighted by Crippen LogP contribution is 2.31. The number of amides is 1. The lowest BCUT2D eigenvalue weighted by Crippen LogP contribution is -2.54. The summed E-state index contributed by atoms with van der Waals surface area (Å²) in [7, 11) is 2.23. The Morgan fingerprint density at radius 1 is 1.33 bits per heavy atom. The van der Waals surface area contributed by atoms with E-state index in [0.717, 1.165) is 33.1 Å². The van der Waals surface area contributed by atoms with E-state index in [1.54, 1.807) is 0 Å². The summed E-state index contributed by atoms with van der Waals surface area (Å²) in [6.07, 6.45) is 3.62. The van der Waals surface area contributed by atoms with Crippen molar-refractivity contribution < 1.29 is 4.79 Å². The minimum Gasteiger partial charge on any atom is -0.338 e. The Labute approximate surface area is 148 Å². The van der Waals surface area contributed by atoms with E-state index in [9.17, 15) is 4.79 Å². The molecule has 0 saturated carbocycles. The van der Waals surface area contributed by atoms with Crippen molar-refractivity contribution in [2.24, 2.45) is 5.92 Å². The molecule has 2 aliphatic heterocycles. The second-order valence-electron chi connectivity index (χ2n) is 6.11. The number of carbonyl (C=O) groups is 1. The highest BCUT2D eigenvalue weighted by atomic mass is 127. The van der Waals surface area contributed by atoms with E-state index in [-0.39, 0.29) is 5.91 Å². The maximum Gasteiger partial charge on any atom is 0.254 e. The van der Waals surface area contributed by atoms with Crippen LogP contribution in [0.1, 0.15) is 29.6 Å².